The number of carbonyl (C=O) groups is 1. The van der Waals surface area contributed by atoms with E-state index in [-0.39, 0.29) is 16.9 Å². The van der Waals surface area contributed by atoms with E-state index in [4.69, 9.17) is 5.73 Å². The van der Waals surface area contributed by atoms with Gasteiger partial charge in [-0.2, -0.15) is 0 Å². The van der Waals surface area contributed by atoms with Gasteiger partial charge >= 0.3 is 0 Å². The van der Waals surface area contributed by atoms with Gasteiger partial charge in [0.05, 0.1) is 0 Å². The Balaban J connectivity index is 2.52. The molecule has 94 valence electrons. The van der Waals surface area contributed by atoms with Crippen LogP contribution in [-0.4, -0.2) is 18.0 Å². The van der Waals surface area contributed by atoms with Crippen molar-refractivity contribution in [3.05, 3.63) is 0 Å². The number of nitrogens with one attached hydrogen (secondary N) is 1. The molecule has 0 saturated heterocycles. The van der Waals surface area contributed by atoms with E-state index < -0.39 is 0 Å². The smallest absolute Gasteiger partial charge is 0.221 e. The van der Waals surface area contributed by atoms with Gasteiger partial charge in [-0.3, -0.25) is 4.79 Å². The fourth-order valence-electron chi connectivity index (χ4n) is 2.56. The lowest BCUT2D eigenvalue weighted by atomic mass is 9.71. The molecule has 0 aliphatic heterocycles. The molecule has 3 nitrogen and oxygen atoms in total. The van der Waals surface area contributed by atoms with Crippen LogP contribution in [0.5, 0.6) is 0 Å². The van der Waals surface area contributed by atoms with Gasteiger partial charge in [0.2, 0.25) is 5.91 Å². The van der Waals surface area contributed by atoms with Crippen LogP contribution in [0.25, 0.3) is 0 Å². The highest BCUT2D eigenvalue weighted by Gasteiger charge is 2.33. The Hall–Kier alpha value is -0.570. The van der Waals surface area contributed by atoms with Gasteiger partial charge in [-0.25, -0.2) is 0 Å². The lowest BCUT2D eigenvalue weighted by molar-refractivity contribution is -0.125. The largest absolute Gasteiger partial charge is 0.351 e. The zero-order chi connectivity index (χ0) is 12.2. The van der Waals surface area contributed by atoms with Crippen molar-refractivity contribution in [1.29, 1.82) is 0 Å². The first-order valence-corrected chi connectivity index (χ1v) is 6.38. The minimum absolute atomic E-state index is 0.0770. The predicted octanol–water partition coefficient (Wildman–Crippen LogP) is 2.20. The molecule has 0 aromatic heterocycles. The molecule has 1 aliphatic rings. The summed E-state index contributed by atoms with van der Waals surface area (Å²) in [7, 11) is 0. The molecule has 0 heterocycles. The monoisotopic (exact) mass is 226 g/mol. The molecule has 1 saturated carbocycles. The van der Waals surface area contributed by atoms with E-state index in [0.29, 0.717) is 13.0 Å². The fraction of sp³-hybridized carbons (Fsp3) is 0.923. The summed E-state index contributed by atoms with van der Waals surface area (Å²) in [5.74, 6) is 0.153. The fourth-order valence-corrected chi connectivity index (χ4v) is 2.56. The molecule has 1 aliphatic carbocycles. The van der Waals surface area contributed by atoms with Gasteiger partial charge in [0.25, 0.3) is 0 Å². The van der Waals surface area contributed by atoms with Crippen molar-refractivity contribution in [2.75, 3.05) is 6.54 Å². The van der Waals surface area contributed by atoms with Crippen LogP contribution in [-0.2, 0) is 4.79 Å². The van der Waals surface area contributed by atoms with Crippen molar-refractivity contribution >= 4 is 5.91 Å². The molecular weight excluding hydrogens is 200 g/mol. The van der Waals surface area contributed by atoms with Crippen molar-refractivity contribution < 1.29 is 4.79 Å². The molecule has 1 fully saturated rings. The maximum Gasteiger partial charge on any atom is 0.221 e. The van der Waals surface area contributed by atoms with E-state index in [1.165, 1.54) is 19.3 Å². The van der Waals surface area contributed by atoms with Crippen molar-refractivity contribution in [1.82, 2.24) is 5.32 Å². The first-order chi connectivity index (χ1) is 7.37. The molecular formula is C13H26N2O. The van der Waals surface area contributed by atoms with Gasteiger partial charge in [0.1, 0.15) is 0 Å². The summed E-state index contributed by atoms with van der Waals surface area (Å²) in [5, 5.41) is 3.03. The highest BCUT2D eigenvalue weighted by Crippen LogP contribution is 2.38. The molecule has 0 bridgehead atoms. The Labute approximate surface area is 99.2 Å². The highest BCUT2D eigenvalue weighted by molar-refractivity contribution is 5.77. The summed E-state index contributed by atoms with van der Waals surface area (Å²) in [5.41, 5.74) is 5.81. The maximum atomic E-state index is 11.9. The average Bonchev–Trinajstić information content (AvgIpc) is 2.16. The van der Waals surface area contributed by atoms with E-state index >= 15 is 0 Å². The molecule has 0 unspecified atom stereocenters. The first kappa shape index (κ1) is 13.5. The molecule has 0 radical (unpaired) electrons. The van der Waals surface area contributed by atoms with E-state index in [1.807, 2.05) is 20.8 Å². The Kier molecular flexibility index (Phi) is 4.36. The van der Waals surface area contributed by atoms with E-state index in [9.17, 15) is 4.79 Å². The third-order valence-corrected chi connectivity index (χ3v) is 3.40. The van der Waals surface area contributed by atoms with E-state index in [1.54, 1.807) is 0 Å². The summed E-state index contributed by atoms with van der Waals surface area (Å²) in [4.78, 5) is 11.9. The van der Waals surface area contributed by atoms with Crippen LogP contribution in [0.4, 0.5) is 0 Å². The minimum atomic E-state index is -0.137. The third-order valence-electron chi connectivity index (χ3n) is 3.40. The summed E-state index contributed by atoms with van der Waals surface area (Å²) < 4.78 is 0. The van der Waals surface area contributed by atoms with Crippen LogP contribution in [0, 0.1) is 5.41 Å². The van der Waals surface area contributed by atoms with Crippen LogP contribution in [0.2, 0.25) is 0 Å². The predicted molar refractivity (Wildman–Crippen MR) is 67.1 cm³/mol. The summed E-state index contributed by atoms with van der Waals surface area (Å²) in [6.07, 6.45) is 6.56. The first-order valence-electron chi connectivity index (χ1n) is 6.38. The second kappa shape index (κ2) is 5.17. The Morgan fingerprint density at radius 3 is 2.25 bits per heavy atom. The van der Waals surface area contributed by atoms with Crippen LogP contribution >= 0.6 is 0 Å². The summed E-state index contributed by atoms with van der Waals surface area (Å²) in [6.45, 7) is 6.69. The Morgan fingerprint density at radius 2 is 1.81 bits per heavy atom. The number of carbonyl (C=O) groups excluding carboxylic acids is 1. The number of amides is 1. The van der Waals surface area contributed by atoms with Gasteiger partial charge in [0.15, 0.2) is 0 Å². The molecule has 0 spiro atoms. The topological polar surface area (TPSA) is 55.1 Å². The lowest BCUT2D eigenvalue weighted by Gasteiger charge is -2.36. The normalized spacial score (nSPS) is 20.5. The molecule has 0 aromatic carbocycles. The number of hydrogen-bond acceptors (Lipinski definition) is 2. The Morgan fingerprint density at radius 1 is 1.25 bits per heavy atom. The molecule has 3 heteroatoms. The zero-order valence-corrected chi connectivity index (χ0v) is 10.9. The zero-order valence-electron chi connectivity index (χ0n) is 10.9. The van der Waals surface area contributed by atoms with Gasteiger partial charge in [0, 0.05) is 12.0 Å². The van der Waals surface area contributed by atoms with E-state index in [2.05, 4.69) is 5.32 Å². The Bertz CT molecular complexity index is 237. The second-order valence-electron chi connectivity index (χ2n) is 6.24. The molecule has 16 heavy (non-hydrogen) atoms. The van der Waals surface area contributed by atoms with Crippen molar-refractivity contribution in [3.8, 4) is 0 Å². The van der Waals surface area contributed by atoms with Crippen LogP contribution in [0.3, 0.4) is 0 Å². The highest BCUT2D eigenvalue weighted by atomic mass is 16.1. The number of rotatable bonds is 3. The quantitative estimate of drug-likeness (QED) is 0.775. The van der Waals surface area contributed by atoms with Crippen LogP contribution in [0.15, 0.2) is 0 Å². The SMILES string of the molecule is CC(C)(C)NC(=O)CC1(CN)CCCCC1. The van der Waals surface area contributed by atoms with Gasteiger partial charge < -0.3 is 11.1 Å². The molecule has 1 amide bonds. The molecule has 1 rings (SSSR count). The average molecular weight is 226 g/mol. The van der Waals surface area contributed by atoms with Crippen LogP contribution < -0.4 is 11.1 Å². The van der Waals surface area contributed by atoms with Crippen molar-refractivity contribution in [2.24, 2.45) is 11.1 Å². The van der Waals surface area contributed by atoms with Gasteiger partial charge in [-0.15, -0.1) is 0 Å². The minimum Gasteiger partial charge on any atom is -0.351 e. The van der Waals surface area contributed by atoms with Crippen LogP contribution in [0.1, 0.15) is 59.3 Å². The molecule has 0 atom stereocenters. The lowest BCUT2D eigenvalue weighted by Crippen LogP contribution is -2.45. The standard InChI is InChI=1S/C13H26N2O/c1-12(2,3)15-11(16)9-13(10-14)7-5-4-6-8-13/h4-10,14H2,1-3H3,(H,15,16). The maximum absolute atomic E-state index is 11.9. The summed E-state index contributed by atoms with van der Waals surface area (Å²) in [6, 6.07) is 0. The number of nitrogens with two attached hydrogens (primary N) is 1. The van der Waals surface area contributed by atoms with Gasteiger partial charge in [-0.05, 0) is 45.6 Å². The second-order valence-corrected chi connectivity index (χ2v) is 6.24. The van der Waals surface area contributed by atoms with Gasteiger partial charge in [-0.1, -0.05) is 19.3 Å². The van der Waals surface area contributed by atoms with Crippen molar-refractivity contribution in [3.63, 3.8) is 0 Å². The third kappa shape index (κ3) is 4.12. The number of hydrogen-bond donors (Lipinski definition) is 2. The molecule has 0 aromatic rings. The van der Waals surface area contributed by atoms with Crippen molar-refractivity contribution in [2.45, 2.75) is 64.8 Å². The van der Waals surface area contributed by atoms with E-state index in [0.717, 1.165) is 12.8 Å². The summed E-state index contributed by atoms with van der Waals surface area (Å²) >= 11 is 0. The molecule has 3 N–H and O–H groups in total.